The molecule has 0 saturated carbocycles. The largest absolute Gasteiger partial charge is 0.341 e. The quantitative estimate of drug-likeness (QED) is 0.210. The van der Waals surface area contributed by atoms with Crippen LogP contribution in [-0.4, -0.2) is 6.54 Å². The van der Waals surface area contributed by atoms with Gasteiger partial charge in [0.25, 0.3) is 0 Å². The number of fused-ring (bicyclic) bond motifs is 1. The Morgan fingerprint density at radius 3 is 1.83 bits per heavy atom. The molecule has 0 aliphatic carbocycles. The average Bonchev–Trinajstić information content (AvgIpc) is 3.02. The summed E-state index contributed by atoms with van der Waals surface area (Å²) in [6.45, 7) is 5.34. The zero-order valence-corrected chi connectivity index (χ0v) is 23.6. The second-order valence-electron chi connectivity index (χ2n) is 11.5. The summed E-state index contributed by atoms with van der Waals surface area (Å²) in [5.74, 6) is 0. The van der Waals surface area contributed by atoms with Gasteiger partial charge in [0, 0.05) is 40.1 Å². The SMILES string of the molecule is Cc1ccc(N(c2ccc(C)cc2)c2ccc3ccc4c(N5CCCc6ccccc65)ccc5ccc2c3c54)cc1. The van der Waals surface area contributed by atoms with Crippen molar-refractivity contribution in [3.05, 3.63) is 138 Å². The summed E-state index contributed by atoms with van der Waals surface area (Å²) in [5, 5.41) is 7.88. The van der Waals surface area contributed by atoms with Crippen molar-refractivity contribution in [1.82, 2.24) is 0 Å². The van der Waals surface area contributed by atoms with Crippen LogP contribution >= 0.6 is 0 Å². The lowest BCUT2D eigenvalue weighted by molar-refractivity contribution is 0.768. The van der Waals surface area contributed by atoms with Gasteiger partial charge in [0.15, 0.2) is 0 Å². The molecule has 198 valence electrons. The maximum Gasteiger partial charge on any atom is 0.0540 e. The van der Waals surface area contributed by atoms with E-state index in [9.17, 15) is 0 Å². The molecule has 1 aliphatic rings. The van der Waals surface area contributed by atoms with Crippen LogP contribution in [-0.2, 0) is 6.42 Å². The minimum absolute atomic E-state index is 1.04. The first-order chi connectivity index (χ1) is 20.2. The van der Waals surface area contributed by atoms with E-state index in [-0.39, 0.29) is 0 Å². The molecule has 1 heterocycles. The summed E-state index contributed by atoms with van der Waals surface area (Å²) in [7, 11) is 0. The van der Waals surface area contributed by atoms with E-state index in [0.717, 1.165) is 13.0 Å². The first kappa shape index (κ1) is 24.0. The fourth-order valence-corrected chi connectivity index (χ4v) is 6.80. The summed E-state index contributed by atoms with van der Waals surface area (Å²) in [6.07, 6.45) is 2.32. The molecule has 0 spiro atoms. The van der Waals surface area contributed by atoms with Crippen molar-refractivity contribution in [2.45, 2.75) is 26.7 Å². The molecule has 0 bridgehead atoms. The fourth-order valence-electron chi connectivity index (χ4n) is 6.80. The van der Waals surface area contributed by atoms with Crippen molar-refractivity contribution in [2.24, 2.45) is 0 Å². The lowest BCUT2D eigenvalue weighted by atomic mass is 9.91. The number of hydrogen-bond acceptors (Lipinski definition) is 2. The van der Waals surface area contributed by atoms with Gasteiger partial charge >= 0.3 is 0 Å². The van der Waals surface area contributed by atoms with E-state index in [4.69, 9.17) is 0 Å². The third-order valence-electron chi connectivity index (χ3n) is 8.84. The molecular formula is C39H32N2. The molecule has 0 amide bonds. The minimum atomic E-state index is 1.04. The lowest BCUT2D eigenvalue weighted by Gasteiger charge is -2.33. The second kappa shape index (κ2) is 9.38. The average molecular weight is 529 g/mol. The molecule has 0 radical (unpaired) electrons. The van der Waals surface area contributed by atoms with Crippen molar-refractivity contribution in [2.75, 3.05) is 16.3 Å². The molecule has 0 N–H and O–H groups in total. The Labute approximate surface area is 241 Å². The highest BCUT2D eigenvalue weighted by atomic mass is 15.1. The Morgan fingerprint density at radius 2 is 1.12 bits per heavy atom. The normalized spacial score (nSPS) is 13.3. The monoisotopic (exact) mass is 528 g/mol. The van der Waals surface area contributed by atoms with Gasteiger partial charge in [-0.2, -0.15) is 0 Å². The van der Waals surface area contributed by atoms with E-state index in [1.54, 1.807) is 0 Å². The highest BCUT2D eigenvalue weighted by molar-refractivity contribution is 6.27. The first-order valence-electron chi connectivity index (χ1n) is 14.7. The van der Waals surface area contributed by atoms with Gasteiger partial charge in [0.05, 0.1) is 5.69 Å². The van der Waals surface area contributed by atoms with Gasteiger partial charge in [-0.3, -0.25) is 0 Å². The standard InChI is InChI=1S/C39H32N2/c1-26-9-17-31(18-10-26)41(32-19-11-27(2)12-20-32)37-24-16-30-13-21-33-36(23-15-29-14-22-34(37)39(30)38(29)33)40-25-5-7-28-6-3-4-8-35(28)40/h3-4,6,8-24H,5,7,25H2,1-2H3. The number of aryl methyl sites for hydroxylation is 3. The summed E-state index contributed by atoms with van der Waals surface area (Å²) in [5.41, 5.74) is 10.2. The van der Waals surface area contributed by atoms with Gasteiger partial charge < -0.3 is 9.80 Å². The molecule has 0 aromatic heterocycles. The van der Waals surface area contributed by atoms with E-state index in [2.05, 4.69) is 145 Å². The molecule has 2 nitrogen and oxygen atoms in total. The number of hydrogen-bond donors (Lipinski definition) is 0. The highest BCUT2D eigenvalue weighted by Crippen LogP contribution is 2.46. The molecule has 41 heavy (non-hydrogen) atoms. The zero-order chi connectivity index (χ0) is 27.5. The number of para-hydroxylation sites is 1. The third kappa shape index (κ3) is 3.86. The molecule has 2 heteroatoms. The Balaban J connectivity index is 1.39. The van der Waals surface area contributed by atoms with Crippen LogP contribution in [0.4, 0.5) is 28.4 Å². The Bertz CT molecular complexity index is 1990. The first-order valence-corrected chi connectivity index (χ1v) is 14.7. The molecular weight excluding hydrogens is 496 g/mol. The fraction of sp³-hybridized carbons (Fsp3) is 0.128. The molecule has 7 aromatic carbocycles. The Hall–Kier alpha value is -4.82. The third-order valence-corrected chi connectivity index (χ3v) is 8.84. The summed E-state index contributed by atoms with van der Waals surface area (Å²) in [6, 6.07) is 45.2. The van der Waals surface area contributed by atoms with Crippen LogP contribution in [0, 0.1) is 13.8 Å². The van der Waals surface area contributed by atoms with Crippen molar-refractivity contribution in [3.8, 4) is 0 Å². The van der Waals surface area contributed by atoms with Crippen molar-refractivity contribution < 1.29 is 0 Å². The topological polar surface area (TPSA) is 6.48 Å². The maximum atomic E-state index is 2.54. The van der Waals surface area contributed by atoms with Crippen LogP contribution in [0.2, 0.25) is 0 Å². The van der Waals surface area contributed by atoms with Crippen molar-refractivity contribution in [3.63, 3.8) is 0 Å². The van der Waals surface area contributed by atoms with Crippen molar-refractivity contribution >= 4 is 60.8 Å². The van der Waals surface area contributed by atoms with Crippen LogP contribution < -0.4 is 9.80 Å². The molecule has 0 atom stereocenters. The van der Waals surface area contributed by atoms with Gasteiger partial charge in [0.2, 0.25) is 0 Å². The molecule has 0 unspecified atom stereocenters. The molecule has 7 aromatic rings. The smallest absolute Gasteiger partial charge is 0.0540 e. The Kier molecular flexibility index (Phi) is 5.50. The molecule has 1 aliphatic heterocycles. The maximum absolute atomic E-state index is 2.54. The summed E-state index contributed by atoms with van der Waals surface area (Å²) in [4.78, 5) is 4.95. The van der Waals surface area contributed by atoms with E-state index < -0.39 is 0 Å². The predicted octanol–water partition coefficient (Wildman–Crippen LogP) is 10.8. The van der Waals surface area contributed by atoms with Crippen LogP contribution in [0.1, 0.15) is 23.1 Å². The minimum Gasteiger partial charge on any atom is -0.341 e. The Morgan fingerprint density at radius 1 is 0.537 bits per heavy atom. The van der Waals surface area contributed by atoms with Crippen LogP contribution in [0.3, 0.4) is 0 Å². The molecule has 0 fully saturated rings. The number of anilines is 5. The lowest BCUT2D eigenvalue weighted by Crippen LogP contribution is -2.24. The van der Waals surface area contributed by atoms with Gasteiger partial charge in [0.1, 0.15) is 0 Å². The van der Waals surface area contributed by atoms with E-state index in [1.165, 1.54) is 83.9 Å². The van der Waals surface area contributed by atoms with Gasteiger partial charge in [-0.25, -0.2) is 0 Å². The highest BCUT2D eigenvalue weighted by Gasteiger charge is 2.23. The van der Waals surface area contributed by atoms with Gasteiger partial charge in [-0.15, -0.1) is 0 Å². The number of nitrogens with zero attached hydrogens (tertiary/aromatic N) is 2. The van der Waals surface area contributed by atoms with Crippen LogP contribution in [0.5, 0.6) is 0 Å². The van der Waals surface area contributed by atoms with Crippen LogP contribution in [0.25, 0.3) is 32.3 Å². The van der Waals surface area contributed by atoms with E-state index in [0.29, 0.717) is 0 Å². The number of rotatable bonds is 4. The summed E-state index contributed by atoms with van der Waals surface area (Å²) >= 11 is 0. The molecule has 0 saturated heterocycles. The van der Waals surface area contributed by atoms with E-state index in [1.807, 2.05) is 0 Å². The zero-order valence-electron chi connectivity index (χ0n) is 23.6. The predicted molar refractivity (Wildman–Crippen MR) is 176 cm³/mol. The number of benzene rings is 7. The summed E-state index contributed by atoms with van der Waals surface area (Å²) < 4.78 is 0. The van der Waals surface area contributed by atoms with Crippen molar-refractivity contribution in [1.29, 1.82) is 0 Å². The van der Waals surface area contributed by atoms with Crippen LogP contribution in [0.15, 0.2) is 121 Å². The second-order valence-corrected chi connectivity index (χ2v) is 11.5. The van der Waals surface area contributed by atoms with Gasteiger partial charge in [-0.1, -0.05) is 90.0 Å². The molecule has 8 rings (SSSR count). The van der Waals surface area contributed by atoms with E-state index >= 15 is 0 Å². The van der Waals surface area contributed by atoms with Gasteiger partial charge in [-0.05, 0) is 96.3 Å².